The first kappa shape index (κ1) is 11.0. The number of aromatic carboxylic acids is 1. The van der Waals surface area contributed by atoms with Crippen molar-refractivity contribution in [1.29, 1.82) is 5.26 Å². The van der Waals surface area contributed by atoms with E-state index in [9.17, 15) is 9.59 Å². The zero-order valence-corrected chi connectivity index (χ0v) is 9.04. The molecule has 0 bridgehead atoms. The van der Waals surface area contributed by atoms with E-state index < -0.39 is 5.97 Å². The standard InChI is InChI=1S/C11H9N3O3/c1-13-5-10(15)14(6-12)8-3-2-7(11(16)17)4-9(8)13/h2-4H,5H2,1H3,(H,16,17). The van der Waals surface area contributed by atoms with Gasteiger partial charge in [-0.05, 0) is 18.2 Å². The number of hydrogen-bond donors (Lipinski definition) is 1. The zero-order valence-electron chi connectivity index (χ0n) is 9.04. The molecule has 6 nitrogen and oxygen atoms in total. The molecule has 1 aromatic carbocycles. The molecule has 0 atom stereocenters. The van der Waals surface area contributed by atoms with Gasteiger partial charge in [-0.15, -0.1) is 0 Å². The van der Waals surface area contributed by atoms with Crippen molar-refractivity contribution in [3.05, 3.63) is 23.8 Å². The summed E-state index contributed by atoms with van der Waals surface area (Å²) in [6, 6.07) is 4.29. The fourth-order valence-electron chi connectivity index (χ4n) is 1.75. The van der Waals surface area contributed by atoms with E-state index in [1.54, 1.807) is 18.1 Å². The lowest BCUT2D eigenvalue weighted by Crippen LogP contribution is -2.41. The number of nitrogens with zero attached hydrogens (tertiary/aromatic N) is 3. The summed E-state index contributed by atoms with van der Waals surface area (Å²) in [6.07, 6.45) is 1.79. The highest BCUT2D eigenvalue weighted by atomic mass is 16.4. The Bertz CT molecular complexity index is 547. The Morgan fingerprint density at radius 2 is 2.18 bits per heavy atom. The van der Waals surface area contributed by atoms with Gasteiger partial charge in [0.15, 0.2) is 6.19 Å². The van der Waals surface area contributed by atoms with Crippen molar-refractivity contribution in [3.8, 4) is 6.19 Å². The molecule has 1 aliphatic rings. The van der Waals surface area contributed by atoms with E-state index in [4.69, 9.17) is 10.4 Å². The molecule has 1 N–H and O–H groups in total. The summed E-state index contributed by atoms with van der Waals surface area (Å²) < 4.78 is 0. The normalized spacial score (nSPS) is 14.2. The largest absolute Gasteiger partial charge is 0.478 e. The maximum Gasteiger partial charge on any atom is 0.335 e. The van der Waals surface area contributed by atoms with Crippen LogP contribution in [0.2, 0.25) is 0 Å². The third-order valence-corrected chi connectivity index (χ3v) is 2.60. The number of carboxylic acids is 1. The summed E-state index contributed by atoms with van der Waals surface area (Å²) in [5.74, 6) is -1.37. The molecule has 0 spiro atoms. The monoisotopic (exact) mass is 231 g/mol. The number of nitriles is 1. The Hall–Kier alpha value is -2.55. The van der Waals surface area contributed by atoms with E-state index in [0.717, 1.165) is 4.90 Å². The summed E-state index contributed by atoms with van der Waals surface area (Å²) in [4.78, 5) is 25.0. The Morgan fingerprint density at radius 3 is 2.76 bits per heavy atom. The van der Waals surface area contributed by atoms with Gasteiger partial charge in [0.1, 0.15) is 0 Å². The molecular formula is C11H9N3O3. The molecule has 2 rings (SSSR count). The molecule has 0 aliphatic carbocycles. The summed E-state index contributed by atoms with van der Waals surface area (Å²) in [5, 5.41) is 17.8. The van der Waals surface area contributed by atoms with Crippen LogP contribution in [0.25, 0.3) is 0 Å². The van der Waals surface area contributed by atoms with Crippen LogP contribution in [0.1, 0.15) is 10.4 Å². The molecule has 86 valence electrons. The quantitative estimate of drug-likeness (QED) is 0.717. The second-order valence-corrected chi connectivity index (χ2v) is 3.69. The van der Waals surface area contributed by atoms with E-state index >= 15 is 0 Å². The third-order valence-electron chi connectivity index (χ3n) is 2.60. The lowest BCUT2D eigenvalue weighted by atomic mass is 10.1. The van der Waals surface area contributed by atoms with Gasteiger partial charge < -0.3 is 10.0 Å². The van der Waals surface area contributed by atoms with E-state index in [2.05, 4.69) is 0 Å². The van der Waals surface area contributed by atoms with Crippen LogP contribution >= 0.6 is 0 Å². The highest BCUT2D eigenvalue weighted by Crippen LogP contribution is 2.33. The maximum atomic E-state index is 11.6. The Kier molecular flexibility index (Phi) is 2.44. The number of benzene rings is 1. The van der Waals surface area contributed by atoms with Gasteiger partial charge in [0, 0.05) is 7.05 Å². The molecule has 0 aromatic heterocycles. The number of amides is 1. The molecule has 0 unspecified atom stereocenters. The van der Waals surface area contributed by atoms with Crippen molar-refractivity contribution in [2.75, 3.05) is 23.4 Å². The predicted molar refractivity (Wildman–Crippen MR) is 59.8 cm³/mol. The van der Waals surface area contributed by atoms with Gasteiger partial charge in [-0.1, -0.05) is 0 Å². The smallest absolute Gasteiger partial charge is 0.335 e. The van der Waals surface area contributed by atoms with E-state index in [1.807, 2.05) is 0 Å². The number of fused-ring (bicyclic) bond motifs is 1. The molecule has 6 heteroatoms. The van der Waals surface area contributed by atoms with Gasteiger partial charge in [-0.2, -0.15) is 5.26 Å². The summed E-state index contributed by atoms with van der Waals surface area (Å²) >= 11 is 0. The first-order valence-corrected chi connectivity index (χ1v) is 4.85. The highest BCUT2D eigenvalue weighted by molar-refractivity contribution is 6.06. The summed E-state index contributed by atoms with van der Waals surface area (Å²) in [7, 11) is 1.68. The minimum Gasteiger partial charge on any atom is -0.478 e. The van der Waals surface area contributed by atoms with Crippen molar-refractivity contribution in [2.24, 2.45) is 0 Å². The summed E-state index contributed by atoms with van der Waals surface area (Å²) in [5.41, 5.74) is 1.10. The molecular weight excluding hydrogens is 222 g/mol. The second kappa shape index (κ2) is 3.79. The highest BCUT2D eigenvalue weighted by Gasteiger charge is 2.28. The van der Waals surface area contributed by atoms with Crippen LogP contribution in [-0.2, 0) is 4.79 Å². The molecule has 1 aromatic rings. The predicted octanol–water partition coefficient (Wildman–Crippen LogP) is 0.649. The lowest BCUT2D eigenvalue weighted by Gasteiger charge is -2.31. The topological polar surface area (TPSA) is 84.6 Å². The SMILES string of the molecule is CN1CC(=O)N(C#N)c2ccc(C(=O)O)cc21. The lowest BCUT2D eigenvalue weighted by molar-refractivity contribution is -0.116. The number of carboxylic acid groups (broad SMARTS) is 1. The van der Waals surface area contributed by atoms with Crippen LogP contribution in [0.15, 0.2) is 18.2 Å². The number of anilines is 2. The number of hydrogen-bond acceptors (Lipinski definition) is 4. The van der Waals surface area contributed by atoms with Gasteiger partial charge in [0.2, 0.25) is 0 Å². The third kappa shape index (κ3) is 1.67. The van der Waals surface area contributed by atoms with Crippen molar-refractivity contribution >= 4 is 23.3 Å². The number of likely N-dealkylation sites (N-methyl/N-ethyl adjacent to an activating group) is 1. The molecule has 1 aliphatic heterocycles. The molecule has 0 fully saturated rings. The van der Waals surface area contributed by atoms with Crippen molar-refractivity contribution in [2.45, 2.75) is 0 Å². The van der Waals surface area contributed by atoms with E-state index in [0.29, 0.717) is 11.4 Å². The maximum absolute atomic E-state index is 11.6. The molecule has 1 amide bonds. The fraction of sp³-hybridized carbons (Fsp3) is 0.182. The van der Waals surface area contributed by atoms with Crippen molar-refractivity contribution < 1.29 is 14.7 Å². The average molecular weight is 231 g/mol. The fourth-order valence-corrected chi connectivity index (χ4v) is 1.75. The zero-order chi connectivity index (χ0) is 12.6. The van der Waals surface area contributed by atoms with Gasteiger partial charge in [-0.3, -0.25) is 4.79 Å². The molecule has 0 saturated heterocycles. The number of carbonyl (C=O) groups is 2. The Morgan fingerprint density at radius 1 is 1.47 bits per heavy atom. The van der Waals surface area contributed by atoms with Gasteiger partial charge in [-0.25, -0.2) is 9.69 Å². The van der Waals surface area contributed by atoms with Crippen molar-refractivity contribution in [3.63, 3.8) is 0 Å². The van der Waals surface area contributed by atoms with Crippen LogP contribution in [0.3, 0.4) is 0 Å². The van der Waals surface area contributed by atoms with Crippen LogP contribution in [-0.4, -0.2) is 30.6 Å². The Balaban J connectivity index is 2.58. The minimum atomic E-state index is -1.04. The molecule has 0 radical (unpaired) electrons. The van der Waals surface area contributed by atoms with Crippen LogP contribution < -0.4 is 9.80 Å². The average Bonchev–Trinajstić information content (AvgIpc) is 2.29. The van der Waals surface area contributed by atoms with Crippen LogP contribution in [0.5, 0.6) is 0 Å². The van der Waals surface area contributed by atoms with E-state index in [1.165, 1.54) is 18.2 Å². The van der Waals surface area contributed by atoms with Crippen LogP contribution in [0.4, 0.5) is 11.4 Å². The van der Waals surface area contributed by atoms with Crippen molar-refractivity contribution in [1.82, 2.24) is 0 Å². The number of carbonyl (C=O) groups excluding carboxylic acids is 1. The number of rotatable bonds is 1. The van der Waals surface area contributed by atoms with Gasteiger partial charge in [0.05, 0.1) is 23.5 Å². The van der Waals surface area contributed by atoms with Gasteiger partial charge in [0.25, 0.3) is 5.91 Å². The second-order valence-electron chi connectivity index (χ2n) is 3.69. The van der Waals surface area contributed by atoms with Gasteiger partial charge >= 0.3 is 5.97 Å². The Labute approximate surface area is 97.3 Å². The molecule has 1 heterocycles. The van der Waals surface area contributed by atoms with Crippen LogP contribution in [0, 0.1) is 11.5 Å². The molecule has 0 saturated carbocycles. The first-order chi connectivity index (χ1) is 8.04. The summed E-state index contributed by atoms with van der Waals surface area (Å²) in [6.45, 7) is 0.0592. The molecule has 17 heavy (non-hydrogen) atoms. The van der Waals surface area contributed by atoms with E-state index in [-0.39, 0.29) is 18.0 Å². The first-order valence-electron chi connectivity index (χ1n) is 4.85. The minimum absolute atomic E-state index is 0.0592.